The molecule has 0 fully saturated rings. The van der Waals surface area contributed by atoms with Gasteiger partial charge in [0.25, 0.3) is 0 Å². The topological polar surface area (TPSA) is 54.7 Å². The van der Waals surface area contributed by atoms with Crippen LogP contribution in [0.4, 0.5) is 0 Å². The minimum absolute atomic E-state index is 0.0376. The first kappa shape index (κ1) is 13.7. The summed E-state index contributed by atoms with van der Waals surface area (Å²) in [5.41, 5.74) is 0. The summed E-state index contributed by atoms with van der Waals surface area (Å²) in [5, 5.41) is 2.82. The molecule has 0 aliphatic carbocycles. The number of nitrogens with zero attached hydrogens (tertiary/aromatic N) is 1. The number of carbonyl (C=O) groups is 1. The van der Waals surface area contributed by atoms with Crippen molar-refractivity contribution in [2.24, 2.45) is 0 Å². The summed E-state index contributed by atoms with van der Waals surface area (Å²) in [4.78, 5) is 13.4. The van der Waals surface area contributed by atoms with Crippen LogP contribution in [-0.2, 0) is 9.53 Å². The molecule has 0 aromatic carbocycles. The highest BCUT2D eigenvalue weighted by atomic mass is 16.5. The lowest BCUT2D eigenvalue weighted by Crippen LogP contribution is -2.36. The Hall–Kier alpha value is -1.33. The zero-order valence-corrected chi connectivity index (χ0v) is 10.6. The number of likely N-dealkylation sites (N-methyl/N-ethyl adjacent to an activating group) is 1. The van der Waals surface area contributed by atoms with Crippen LogP contribution in [0.15, 0.2) is 22.8 Å². The van der Waals surface area contributed by atoms with Gasteiger partial charge in [-0.3, -0.25) is 9.69 Å². The van der Waals surface area contributed by atoms with Gasteiger partial charge in [-0.25, -0.2) is 0 Å². The van der Waals surface area contributed by atoms with Gasteiger partial charge in [0.15, 0.2) is 0 Å². The zero-order valence-electron chi connectivity index (χ0n) is 10.6. The minimum atomic E-state index is -0.106. The average molecular weight is 240 g/mol. The lowest BCUT2D eigenvalue weighted by Gasteiger charge is -2.22. The van der Waals surface area contributed by atoms with Crippen molar-refractivity contribution in [3.63, 3.8) is 0 Å². The molecule has 0 spiro atoms. The summed E-state index contributed by atoms with van der Waals surface area (Å²) in [6, 6.07) is 3.78. The Bertz CT molecular complexity index is 323. The fourth-order valence-corrected chi connectivity index (χ4v) is 1.47. The number of amides is 1. The molecule has 1 aromatic rings. The first-order valence-electron chi connectivity index (χ1n) is 5.69. The van der Waals surface area contributed by atoms with E-state index in [2.05, 4.69) is 5.32 Å². The second-order valence-corrected chi connectivity index (χ2v) is 3.94. The molecule has 17 heavy (non-hydrogen) atoms. The fraction of sp³-hybridized carbons (Fsp3) is 0.583. The summed E-state index contributed by atoms with van der Waals surface area (Å²) in [6.45, 7) is 3.02. The van der Waals surface area contributed by atoms with Gasteiger partial charge in [-0.05, 0) is 33.2 Å². The summed E-state index contributed by atoms with van der Waals surface area (Å²) < 4.78 is 10.4. The molecule has 1 heterocycles. The van der Waals surface area contributed by atoms with Gasteiger partial charge < -0.3 is 14.5 Å². The first-order valence-corrected chi connectivity index (χ1v) is 5.69. The molecule has 5 nitrogen and oxygen atoms in total. The highest BCUT2D eigenvalue weighted by Crippen LogP contribution is 2.17. The van der Waals surface area contributed by atoms with Crippen LogP contribution in [0.25, 0.3) is 0 Å². The Morgan fingerprint density at radius 2 is 2.35 bits per heavy atom. The fourth-order valence-electron chi connectivity index (χ4n) is 1.47. The van der Waals surface area contributed by atoms with E-state index in [1.54, 1.807) is 6.26 Å². The van der Waals surface area contributed by atoms with Gasteiger partial charge in [0.1, 0.15) is 12.4 Å². The minimum Gasteiger partial charge on any atom is -0.468 e. The lowest BCUT2D eigenvalue weighted by molar-refractivity contribution is -0.125. The maximum atomic E-state index is 11.4. The number of ether oxygens (including phenoxy) is 1. The van der Waals surface area contributed by atoms with Crippen LogP contribution in [-0.4, -0.2) is 44.7 Å². The van der Waals surface area contributed by atoms with Gasteiger partial charge in [0, 0.05) is 13.2 Å². The molecule has 0 unspecified atom stereocenters. The van der Waals surface area contributed by atoms with E-state index in [-0.39, 0.29) is 18.6 Å². The van der Waals surface area contributed by atoms with Gasteiger partial charge in [-0.2, -0.15) is 0 Å². The molecule has 0 aliphatic rings. The second-order valence-electron chi connectivity index (χ2n) is 3.94. The van der Waals surface area contributed by atoms with Crippen LogP contribution < -0.4 is 5.32 Å². The molecule has 1 amide bonds. The predicted molar refractivity (Wildman–Crippen MR) is 64.6 cm³/mol. The predicted octanol–water partition coefficient (Wildman–Crippen LogP) is 1.03. The van der Waals surface area contributed by atoms with Crippen LogP contribution >= 0.6 is 0 Å². The molecule has 1 atom stereocenters. The van der Waals surface area contributed by atoms with Crippen molar-refractivity contribution in [3.05, 3.63) is 24.2 Å². The molecule has 1 rings (SSSR count). The van der Waals surface area contributed by atoms with Gasteiger partial charge >= 0.3 is 0 Å². The van der Waals surface area contributed by atoms with E-state index < -0.39 is 0 Å². The molecular formula is C12H20N2O3. The van der Waals surface area contributed by atoms with Crippen molar-refractivity contribution in [2.45, 2.75) is 13.0 Å². The van der Waals surface area contributed by atoms with Crippen LogP contribution in [0.3, 0.4) is 0 Å². The second kappa shape index (κ2) is 7.09. The molecule has 0 bridgehead atoms. The largest absolute Gasteiger partial charge is 0.468 e. The summed E-state index contributed by atoms with van der Waals surface area (Å²) in [6.07, 6.45) is 1.63. The molecule has 5 heteroatoms. The number of nitrogens with one attached hydrogen (secondary N) is 1. The van der Waals surface area contributed by atoms with Gasteiger partial charge in [-0.1, -0.05) is 0 Å². The molecule has 0 radical (unpaired) electrons. The molecule has 0 aliphatic heterocycles. The smallest absolute Gasteiger partial charge is 0.246 e. The van der Waals surface area contributed by atoms with Gasteiger partial charge in [0.2, 0.25) is 5.91 Å². The maximum absolute atomic E-state index is 11.4. The highest BCUT2D eigenvalue weighted by molar-refractivity contribution is 5.77. The summed E-state index contributed by atoms with van der Waals surface area (Å²) >= 11 is 0. The lowest BCUT2D eigenvalue weighted by atomic mass is 10.2. The normalized spacial score (nSPS) is 12.7. The standard InChI is InChI=1S/C12H20N2O3/c1-4-16-9-12(15)13-8-10(14(2)3)11-6-5-7-17-11/h5-7,10H,4,8-9H2,1-3H3,(H,13,15)/t10-/m1/s1. The van der Waals surface area contributed by atoms with E-state index in [1.807, 2.05) is 38.1 Å². The Kier molecular flexibility index (Phi) is 5.72. The summed E-state index contributed by atoms with van der Waals surface area (Å²) in [5.74, 6) is 0.733. The Labute approximate surface area is 102 Å². The third-order valence-electron chi connectivity index (χ3n) is 2.42. The SMILES string of the molecule is CCOCC(=O)NC[C@H](c1ccco1)N(C)C. The molecular weight excluding hydrogens is 220 g/mol. The summed E-state index contributed by atoms with van der Waals surface area (Å²) in [7, 11) is 3.89. The quantitative estimate of drug-likeness (QED) is 0.773. The van der Waals surface area contributed by atoms with E-state index in [0.29, 0.717) is 13.2 Å². The maximum Gasteiger partial charge on any atom is 0.246 e. The van der Waals surface area contributed by atoms with Crippen LogP contribution in [0.2, 0.25) is 0 Å². The molecule has 0 saturated heterocycles. The molecule has 96 valence electrons. The van der Waals surface area contributed by atoms with E-state index in [1.165, 1.54) is 0 Å². The number of carbonyl (C=O) groups excluding carboxylic acids is 1. The van der Waals surface area contributed by atoms with Crippen molar-refractivity contribution < 1.29 is 13.9 Å². The van der Waals surface area contributed by atoms with Crippen molar-refractivity contribution in [3.8, 4) is 0 Å². The monoisotopic (exact) mass is 240 g/mol. The Morgan fingerprint density at radius 1 is 1.59 bits per heavy atom. The van der Waals surface area contributed by atoms with Crippen molar-refractivity contribution in [1.82, 2.24) is 10.2 Å². The number of rotatable bonds is 7. The Balaban J connectivity index is 2.43. The van der Waals surface area contributed by atoms with E-state index in [9.17, 15) is 4.79 Å². The molecule has 0 saturated carbocycles. The molecule has 1 N–H and O–H groups in total. The van der Waals surface area contributed by atoms with Crippen molar-refractivity contribution in [2.75, 3.05) is 33.9 Å². The number of hydrogen-bond acceptors (Lipinski definition) is 4. The van der Waals surface area contributed by atoms with Crippen molar-refractivity contribution >= 4 is 5.91 Å². The number of hydrogen-bond donors (Lipinski definition) is 1. The molecule has 1 aromatic heterocycles. The van der Waals surface area contributed by atoms with Gasteiger partial charge in [-0.15, -0.1) is 0 Å². The third-order valence-corrected chi connectivity index (χ3v) is 2.42. The number of furan rings is 1. The zero-order chi connectivity index (χ0) is 12.7. The third kappa shape index (κ3) is 4.58. The Morgan fingerprint density at radius 3 is 2.88 bits per heavy atom. The van der Waals surface area contributed by atoms with E-state index >= 15 is 0 Å². The van der Waals surface area contributed by atoms with Crippen LogP contribution in [0, 0.1) is 0 Å². The van der Waals surface area contributed by atoms with E-state index in [4.69, 9.17) is 9.15 Å². The average Bonchev–Trinajstić information content (AvgIpc) is 2.79. The van der Waals surface area contributed by atoms with E-state index in [0.717, 1.165) is 5.76 Å². The van der Waals surface area contributed by atoms with Crippen LogP contribution in [0.5, 0.6) is 0 Å². The van der Waals surface area contributed by atoms with Crippen molar-refractivity contribution in [1.29, 1.82) is 0 Å². The van der Waals surface area contributed by atoms with Gasteiger partial charge in [0.05, 0.1) is 12.3 Å². The first-order chi connectivity index (χ1) is 8.15. The highest BCUT2D eigenvalue weighted by Gasteiger charge is 2.17. The van der Waals surface area contributed by atoms with Crippen LogP contribution in [0.1, 0.15) is 18.7 Å².